The van der Waals surface area contributed by atoms with Gasteiger partial charge in [-0.05, 0) is 134 Å². The number of methoxy groups -OCH3 is 1. The van der Waals surface area contributed by atoms with Gasteiger partial charge in [-0.2, -0.15) is 0 Å². The molecule has 8 rings (SSSR count). The third-order valence-electron chi connectivity index (χ3n) is 13.0. The summed E-state index contributed by atoms with van der Waals surface area (Å²) in [6, 6.07) is 18.4. The molecule has 2 aliphatic carbocycles. The summed E-state index contributed by atoms with van der Waals surface area (Å²) in [5.74, 6) is 0.880. The molecule has 62 heavy (non-hydrogen) atoms. The van der Waals surface area contributed by atoms with Crippen molar-refractivity contribution in [2.45, 2.75) is 132 Å². The summed E-state index contributed by atoms with van der Waals surface area (Å²) in [5, 5.41) is 63.6. The average molecular weight is 887 g/mol. The van der Waals surface area contributed by atoms with Crippen molar-refractivity contribution >= 4 is 49.6 Å². The molecule has 4 aromatic rings. The lowest BCUT2D eigenvalue weighted by atomic mass is 9.81. The Morgan fingerprint density at radius 3 is 2.56 bits per heavy atom. The molecule has 4 aliphatic rings. The van der Waals surface area contributed by atoms with Gasteiger partial charge in [-0.3, -0.25) is 14.9 Å². The molecule has 2 heterocycles. The number of aryl methyl sites for hydroxylation is 1. The lowest BCUT2D eigenvalue weighted by Crippen LogP contribution is -2.40. The second kappa shape index (κ2) is 21.2. The van der Waals surface area contributed by atoms with Crippen LogP contribution in [0.15, 0.2) is 60.7 Å². The molecule has 0 saturated heterocycles. The molecule has 2 saturated carbocycles. The van der Waals surface area contributed by atoms with Crippen molar-refractivity contribution in [3.8, 4) is 28.4 Å². The highest BCUT2D eigenvalue weighted by molar-refractivity contribution is 8.76. The van der Waals surface area contributed by atoms with Gasteiger partial charge >= 0.3 is 0 Å². The van der Waals surface area contributed by atoms with Crippen molar-refractivity contribution < 1.29 is 44.6 Å². The molecule has 2 fully saturated rings. The summed E-state index contributed by atoms with van der Waals surface area (Å²) < 4.78 is 12.9. The van der Waals surface area contributed by atoms with Gasteiger partial charge in [-0.15, -0.1) is 0 Å². The quantitative estimate of drug-likeness (QED) is 0.0385. The highest BCUT2D eigenvalue weighted by Gasteiger charge is 2.37. The number of aliphatic hydroxyl groups excluding tert-OH is 2. The number of ether oxygens (including phenoxy) is 2. The fraction of sp³-hybridized carbons (Fsp3) is 0.510. The van der Waals surface area contributed by atoms with E-state index in [-0.39, 0.29) is 60.2 Å². The van der Waals surface area contributed by atoms with Gasteiger partial charge in [0.2, 0.25) is 0 Å². The zero-order valence-corrected chi connectivity index (χ0v) is 37.5. The first-order valence-corrected chi connectivity index (χ1v) is 24.5. The van der Waals surface area contributed by atoms with Gasteiger partial charge in [-0.1, -0.05) is 71.2 Å². The predicted molar refractivity (Wildman–Crippen MR) is 248 cm³/mol. The van der Waals surface area contributed by atoms with Gasteiger partial charge in [0.25, 0.3) is 0 Å². The normalized spacial score (nSPS) is 22.4. The molecule has 4 aromatic carbocycles. The summed E-state index contributed by atoms with van der Waals surface area (Å²) in [6.45, 7) is 1.93. The van der Waals surface area contributed by atoms with E-state index in [1.807, 2.05) is 42.5 Å². The Kier molecular flexibility index (Phi) is 15.8. The van der Waals surface area contributed by atoms with Crippen LogP contribution in [-0.4, -0.2) is 80.4 Å². The number of rotatable bonds is 13. The van der Waals surface area contributed by atoms with Crippen molar-refractivity contribution in [1.82, 2.24) is 5.32 Å². The summed E-state index contributed by atoms with van der Waals surface area (Å²) in [4.78, 5) is 26.1. The maximum absolute atomic E-state index is 14.3. The Morgan fingerprint density at radius 2 is 1.81 bits per heavy atom. The number of anilines is 1. The third-order valence-corrected chi connectivity index (χ3v) is 15.8. The number of ketones is 2. The summed E-state index contributed by atoms with van der Waals surface area (Å²) in [5.41, 5.74) is 4.73. The Balaban J connectivity index is 1.20. The molecule has 0 amide bonds. The second-order valence-corrected chi connectivity index (χ2v) is 20.1. The topological polar surface area (TPSA) is 178 Å². The summed E-state index contributed by atoms with van der Waals surface area (Å²) in [7, 11) is 4.84. The zero-order valence-electron chi connectivity index (χ0n) is 35.9. The van der Waals surface area contributed by atoms with Crippen LogP contribution < -0.4 is 15.4 Å². The number of aromatic hydroxyl groups is 2. The van der Waals surface area contributed by atoms with E-state index in [0.29, 0.717) is 54.1 Å². The summed E-state index contributed by atoms with van der Waals surface area (Å²) >= 11 is 0. The molecule has 2 bridgehead atoms. The van der Waals surface area contributed by atoms with Crippen molar-refractivity contribution in [3.63, 3.8) is 0 Å². The fourth-order valence-corrected chi connectivity index (χ4v) is 12.5. The molecule has 0 unspecified atom stereocenters. The van der Waals surface area contributed by atoms with Gasteiger partial charge < -0.3 is 40.3 Å². The Labute approximate surface area is 372 Å². The highest BCUT2D eigenvalue weighted by Crippen LogP contribution is 2.48. The molecule has 5 atom stereocenters. The van der Waals surface area contributed by atoms with Crippen LogP contribution in [-0.2, 0) is 33.1 Å². The van der Waals surface area contributed by atoms with Crippen LogP contribution in [0.4, 0.5) is 5.69 Å². The highest BCUT2D eigenvalue weighted by atomic mass is 33.1. The van der Waals surface area contributed by atoms with Crippen LogP contribution in [0.25, 0.3) is 21.9 Å². The largest absolute Gasteiger partial charge is 0.508 e. The Morgan fingerprint density at radius 1 is 1.00 bits per heavy atom. The third kappa shape index (κ3) is 11.3. The molecule has 13 heteroatoms. The number of phenolic OH excluding ortho intramolecular Hbond substituents is 2. The van der Waals surface area contributed by atoms with Crippen molar-refractivity contribution in [2.24, 2.45) is 5.92 Å². The number of hydrogen-bond acceptors (Lipinski definition) is 13. The average Bonchev–Trinajstić information content (AvgIpc) is 3.26. The SMILES string of the molecule is COc1c(O)ccc2c1-c1ccc3ccc(O)cc3c1CSS[C@H]1CC[C@H](C[C@@H]1O)[C@@H](O[C@H](NCCCC1(O)CCCCC1)c1ccc(NCC(C)=O)c(CO)c1)CC(=O)CC2. The van der Waals surface area contributed by atoms with E-state index in [1.165, 1.54) is 14.0 Å². The fourth-order valence-electron chi connectivity index (χ4n) is 9.62. The molecule has 334 valence electrons. The lowest BCUT2D eigenvalue weighted by molar-refractivity contribution is -0.128. The number of nitrogens with one attached hydrogen (secondary N) is 2. The van der Waals surface area contributed by atoms with Crippen LogP contribution in [0, 0.1) is 5.92 Å². The predicted octanol–water partition coefficient (Wildman–Crippen LogP) is 8.89. The Hall–Kier alpha value is -3.82. The van der Waals surface area contributed by atoms with E-state index in [4.69, 9.17) is 9.47 Å². The number of benzene rings is 4. The molecule has 0 radical (unpaired) electrons. The van der Waals surface area contributed by atoms with Crippen LogP contribution in [0.3, 0.4) is 0 Å². The van der Waals surface area contributed by atoms with E-state index in [0.717, 1.165) is 84.4 Å². The first-order valence-electron chi connectivity index (χ1n) is 22.2. The maximum atomic E-state index is 14.3. The number of hydrogen-bond donors (Lipinski definition) is 7. The minimum atomic E-state index is -0.662. The minimum Gasteiger partial charge on any atom is -0.508 e. The number of fused-ring (bicyclic) bond motifs is 9. The Bertz CT molecular complexity index is 2190. The van der Waals surface area contributed by atoms with Gasteiger partial charge in [-0.25, -0.2) is 0 Å². The molecular weight excluding hydrogens is 825 g/mol. The number of carbonyl (C=O) groups excluding carboxylic acids is 2. The van der Waals surface area contributed by atoms with E-state index in [1.54, 1.807) is 39.8 Å². The van der Waals surface area contributed by atoms with Crippen molar-refractivity contribution in [3.05, 3.63) is 82.9 Å². The van der Waals surface area contributed by atoms with Gasteiger partial charge in [0.1, 0.15) is 23.5 Å². The van der Waals surface area contributed by atoms with Gasteiger partial charge in [0.15, 0.2) is 11.5 Å². The molecule has 7 N–H and O–H groups in total. The first-order chi connectivity index (χ1) is 29.9. The van der Waals surface area contributed by atoms with Crippen LogP contribution >= 0.6 is 21.6 Å². The molecule has 2 aliphatic heterocycles. The molecular formula is C49H62N2O9S2. The second-order valence-electron chi connectivity index (χ2n) is 17.5. The van der Waals surface area contributed by atoms with Crippen LogP contribution in [0.5, 0.6) is 17.2 Å². The minimum absolute atomic E-state index is 0.00314. The number of carbonyl (C=O) groups is 2. The number of Topliss-reactive ketones (excluding diaryl/α,β-unsaturated/α-hetero) is 2. The van der Waals surface area contributed by atoms with Gasteiger partial charge in [0.05, 0.1) is 38.1 Å². The van der Waals surface area contributed by atoms with E-state index in [2.05, 4.69) is 10.6 Å². The number of phenols is 2. The molecule has 11 nitrogen and oxygen atoms in total. The van der Waals surface area contributed by atoms with Crippen LogP contribution in [0.1, 0.15) is 112 Å². The van der Waals surface area contributed by atoms with E-state index >= 15 is 0 Å². The van der Waals surface area contributed by atoms with Crippen molar-refractivity contribution in [1.29, 1.82) is 0 Å². The zero-order chi connectivity index (χ0) is 43.8. The van der Waals surface area contributed by atoms with E-state index in [9.17, 15) is 35.1 Å². The standard InChI is InChI=1S/C49H62N2O9S2/c1-30(53)27-51-41-16-10-34(23-35(41)28-52)48(50-22-6-21-49(58)19-4-3-5-20-49)60-44-26-37(55)14-8-32-11-17-42(56)47(59-2)46(32)38-15-9-31-7-13-36(54)25-39(31)40(38)29-61-62-45-18-12-33(44)24-43(45)57/h7,9-11,13,15-17,23,25,33,43-45,48,50-52,54,56-58H,3-6,8,12,14,18-22,24,26-29H2,1-2H3/t33-,43+,44+,45+,48+/m1/s1. The van der Waals surface area contributed by atoms with Crippen LogP contribution in [0.2, 0.25) is 0 Å². The first kappa shape index (κ1) is 46.2. The lowest BCUT2D eigenvalue weighted by Gasteiger charge is -2.38. The monoisotopic (exact) mass is 886 g/mol. The van der Waals surface area contributed by atoms with Gasteiger partial charge in [0, 0.05) is 40.7 Å². The molecule has 0 aromatic heterocycles. The van der Waals surface area contributed by atoms with Crippen molar-refractivity contribution in [2.75, 3.05) is 25.5 Å². The molecule has 0 spiro atoms. The smallest absolute Gasteiger partial charge is 0.168 e. The van der Waals surface area contributed by atoms with E-state index < -0.39 is 24.0 Å². The number of aliphatic hydroxyl groups is 3. The summed E-state index contributed by atoms with van der Waals surface area (Å²) in [6.07, 6.45) is 7.05. The maximum Gasteiger partial charge on any atom is 0.168 e.